The Bertz CT molecular complexity index is 1450. The van der Waals surface area contributed by atoms with Crippen molar-refractivity contribution in [2.24, 2.45) is 0 Å². The van der Waals surface area contributed by atoms with Crippen molar-refractivity contribution in [3.05, 3.63) is 100 Å². The minimum absolute atomic E-state index is 0.0701. The van der Waals surface area contributed by atoms with Crippen LogP contribution in [0.1, 0.15) is 42.3 Å². The fourth-order valence-electron chi connectivity index (χ4n) is 4.35. The number of rotatable bonds is 9. The molecule has 1 aliphatic carbocycles. The Morgan fingerprint density at radius 1 is 1.06 bits per heavy atom. The van der Waals surface area contributed by atoms with Crippen LogP contribution in [0, 0.1) is 0 Å². The topological polar surface area (TPSA) is 73.2 Å². The van der Waals surface area contributed by atoms with Crippen LogP contribution in [0.5, 0.6) is 5.75 Å². The number of alkyl halides is 2. The molecule has 6 nitrogen and oxygen atoms in total. The number of halogens is 2. The highest BCUT2D eigenvalue weighted by Crippen LogP contribution is 2.35. The van der Waals surface area contributed by atoms with Crippen LogP contribution in [0.3, 0.4) is 0 Å². The predicted octanol–water partition coefficient (Wildman–Crippen LogP) is 5.49. The van der Waals surface area contributed by atoms with Gasteiger partial charge in [-0.3, -0.25) is 14.2 Å². The fraction of sp³-hybridized carbons (Fsp3) is 0.250. The summed E-state index contributed by atoms with van der Waals surface area (Å²) < 4.78 is 32.2. The Kier molecular flexibility index (Phi) is 6.75. The molecule has 1 aromatic heterocycles. The summed E-state index contributed by atoms with van der Waals surface area (Å²) in [7, 11) is 0. The molecule has 1 saturated carbocycles. The fourth-order valence-corrected chi connectivity index (χ4v) is 4.35. The maximum atomic E-state index is 13.0. The lowest BCUT2D eigenvalue weighted by Crippen LogP contribution is -2.25. The summed E-state index contributed by atoms with van der Waals surface area (Å²) in [4.78, 5) is 30.5. The number of ether oxygens (including phenoxy) is 1. The number of nitrogens with one attached hydrogen (secondary N) is 1. The Balaban J connectivity index is 1.32. The van der Waals surface area contributed by atoms with Gasteiger partial charge in [0.1, 0.15) is 11.6 Å². The summed E-state index contributed by atoms with van der Waals surface area (Å²) in [5.74, 6) is 0.412. The highest BCUT2D eigenvalue weighted by Gasteiger charge is 2.28. The SMILES string of the molecule is O=C(CCc1nc2ccccc2c(=O)n1C1CC1)Nc1ccc(OC(F)F)c(Cc2ccccc2)c1. The van der Waals surface area contributed by atoms with E-state index in [0.717, 1.165) is 18.4 Å². The number of aromatic nitrogens is 2. The molecule has 0 spiro atoms. The van der Waals surface area contributed by atoms with Crippen molar-refractivity contribution in [3.8, 4) is 5.75 Å². The van der Waals surface area contributed by atoms with E-state index in [-0.39, 0.29) is 29.7 Å². The zero-order valence-electron chi connectivity index (χ0n) is 19.5. The zero-order valence-corrected chi connectivity index (χ0v) is 19.5. The standard InChI is InChI=1S/C28H25F2N3O3/c29-28(30)36-24-13-10-20(17-19(24)16-18-6-2-1-3-7-18)31-26(34)15-14-25-32-23-9-5-4-8-22(23)27(35)33(25)21-11-12-21/h1-10,13,17,21,28H,11-12,14-16H2,(H,31,34). The molecule has 1 heterocycles. The maximum Gasteiger partial charge on any atom is 0.387 e. The van der Waals surface area contributed by atoms with Gasteiger partial charge in [-0.15, -0.1) is 0 Å². The van der Waals surface area contributed by atoms with Crippen molar-refractivity contribution in [2.45, 2.75) is 44.8 Å². The molecule has 8 heteroatoms. The quantitative estimate of drug-likeness (QED) is 0.337. The molecule has 4 aromatic rings. The van der Waals surface area contributed by atoms with Crippen molar-refractivity contribution < 1.29 is 18.3 Å². The first-order valence-electron chi connectivity index (χ1n) is 11.9. The van der Waals surface area contributed by atoms with Crippen LogP contribution in [0.4, 0.5) is 14.5 Å². The van der Waals surface area contributed by atoms with Gasteiger partial charge in [0.15, 0.2) is 0 Å². The second-order valence-electron chi connectivity index (χ2n) is 8.86. The van der Waals surface area contributed by atoms with Crippen LogP contribution in [-0.2, 0) is 17.6 Å². The second-order valence-corrected chi connectivity index (χ2v) is 8.86. The van der Waals surface area contributed by atoms with Gasteiger partial charge in [-0.05, 0) is 48.7 Å². The lowest BCUT2D eigenvalue weighted by Gasteiger charge is -2.14. The van der Waals surface area contributed by atoms with E-state index >= 15 is 0 Å². The molecule has 3 aromatic carbocycles. The van der Waals surface area contributed by atoms with E-state index in [1.807, 2.05) is 42.5 Å². The first-order chi connectivity index (χ1) is 17.5. The molecule has 0 radical (unpaired) electrons. The highest BCUT2D eigenvalue weighted by atomic mass is 19.3. The van der Waals surface area contributed by atoms with Gasteiger partial charge in [0.2, 0.25) is 5.91 Å². The molecule has 0 unspecified atom stereocenters. The monoisotopic (exact) mass is 489 g/mol. The predicted molar refractivity (Wildman–Crippen MR) is 134 cm³/mol. The average molecular weight is 490 g/mol. The van der Waals surface area contributed by atoms with E-state index in [0.29, 0.717) is 40.8 Å². The van der Waals surface area contributed by atoms with Crippen molar-refractivity contribution >= 4 is 22.5 Å². The van der Waals surface area contributed by atoms with Crippen LogP contribution in [0.2, 0.25) is 0 Å². The number of carbonyl (C=O) groups excluding carboxylic acids is 1. The van der Waals surface area contributed by atoms with Gasteiger partial charge >= 0.3 is 6.61 Å². The summed E-state index contributed by atoms with van der Waals surface area (Å²) in [6, 6.07) is 21.4. The van der Waals surface area contributed by atoms with Crippen molar-refractivity contribution in [3.63, 3.8) is 0 Å². The normalized spacial score (nSPS) is 13.2. The lowest BCUT2D eigenvalue weighted by atomic mass is 10.0. The van der Waals surface area contributed by atoms with Crippen molar-refractivity contribution in [1.82, 2.24) is 9.55 Å². The third kappa shape index (κ3) is 5.43. The molecular weight excluding hydrogens is 464 g/mol. The molecule has 5 rings (SSSR count). The van der Waals surface area contributed by atoms with Crippen LogP contribution in [0.25, 0.3) is 10.9 Å². The molecule has 184 valence electrons. The van der Waals surface area contributed by atoms with E-state index in [4.69, 9.17) is 0 Å². The summed E-state index contributed by atoms with van der Waals surface area (Å²) >= 11 is 0. The van der Waals surface area contributed by atoms with Gasteiger partial charge in [0.05, 0.1) is 10.9 Å². The molecule has 1 fully saturated rings. The molecule has 0 bridgehead atoms. The molecule has 1 aliphatic rings. The minimum atomic E-state index is -2.95. The number of anilines is 1. The van der Waals surface area contributed by atoms with E-state index in [9.17, 15) is 18.4 Å². The number of carbonyl (C=O) groups is 1. The van der Waals surface area contributed by atoms with E-state index in [2.05, 4.69) is 15.0 Å². The third-order valence-electron chi connectivity index (χ3n) is 6.17. The number of fused-ring (bicyclic) bond motifs is 1. The number of nitrogens with zero attached hydrogens (tertiary/aromatic N) is 2. The minimum Gasteiger partial charge on any atom is -0.435 e. The molecule has 0 saturated heterocycles. The Labute approximate surface area is 206 Å². The molecule has 0 aliphatic heterocycles. The van der Waals surface area contributed by atoms with Gasteiger partial charge in [-0.2, -0.15) is 8.78 Å². The average Bonchev–Trinajstić information content (AvgIpc) is 3.70. The van der Waals surface area contributed by atoms with Gasteiger partial charge in [0.25, 0.3) is 5.56 Å². The van der Waals surface area contributed by atoms with Gasteiger partial charge < -0.3 is 10.1 Å². The van der Waals surface area contributed by atoms with Gasteiger partial charge in [-0.25, -0.2) is 4.98 Å². The lowest BCUT2D eigenvalue weighted by molar-refractivity contribution is -0.116. The second kappa shape index (κ2) is 10.3. The van der Waals surface area contributed by atoms with Crippen molar-refractivity contribution in [1.29, 1.82) is 0 Å². The number of aryl methyl sites for hydroxylation is 1. The van der Waals surface area contributed by atoms with E-state index < -0.39 is 6.61 Å². The summed E-state index contributed by atoms with van der Waals surface area (Å²) in [6.07, 6.45) is 2.67. The number of hydrogen-bond acceptors (Lipinski definition) is 4. The Morgan fingerprint density at radius 3 is 2.56 bits per heavy atom. The van der Waals surface area contributed by atoms with E-state index in [1.54, 1.807) is 28.8 Å². The number of para-hydroxylation sites is 1. The summed E-state index contributed by atoms with van der Waals surface area (Å²) in [6.45, 7) is -2.95. The summed E-state index contributed by atoms with van der Waals surface area (Å²) in [5, 5.41) is 3.42. The zero-order chi connectivity index (χ0) is 25.1. The number of hydrogen-bond donors (Lipinski definition) is 1. The Hall–Kier alpha value is -4.07. The van der Waals surface area contributed by atoms with Crippen LogP contribution < -0.4 is 15.6 Å². The molecule has 36 heavy (non-hydrogen) atoms. The first-order valence-corrected chi connectivity index (χ1v) is 11.9. The third-order valence-corrected chi connectivity index (χ3v) is 6.17. The Morgan fingerprint density at radius 2 is 1.81 bits per heavy atom. The van der Waals surface area contributed by atoms with Crippen LogP contribution in [0.15, 0.2) is 77.6 Å². The van der Waals surface area contributed by atoms with Crippen molar-refractivity contribution in [2.75, 3.05) is 5.32 Å². The maximum absolute atomic E-state index is 13.0. The van der Waals surface area contributed by atoms with Crippen LogP contribution in [-0.4, -0.2) is 22.1 Å². The molecular formula is C28H25F2N3O3. The van der Waals surface area contributed by atoms with Gasteiger partial charge in [-0.1, -0.05) is 42.5 Å². The molecule has 0 atom stereocenters. The first kappa shape index (κ1) is 23.7. The van der Waals surface area contributed by atoms with Crippen LogP contribution >= 0.6 is 0 Å². The smallest absolute Gasteiger partial charge is 0.387 e. The number of benzene rings is 3. The largest absolute Gasteiger partial charge is 0.435 e. The molecule has 1 amide bonds. The highest BCUT2D eigenvalue weighted by molar-refractivity contribution is 5.91. The van der Waals surface area contributed by atoms with E-state index in [1.165, 1.54) is 6.07 Å². The number of amides is 1. The molecule has 1 N–H and O–H groups in total. The summed E-state index contributed by atoms with van der Waals surface area (Å²) in [5.41, 5.74) is 2.51. The van der Waals surface area contributed by atoms with Gasteiger partial charge in [0, 0.05) is 36.6 Å².